The third-order valence-corrected chi connectivity index (χ3v) is 5.15. The molecular weight excluding hydrogens is 480 g/mol. The monoisotopic (exact) mass is 530 g/mol. The van der Waals surface area contributed by atoms with Gasteiger partial charge in [-0.2, -0.15) is 0 Å². The van der Waals surface area contributed by atoms with Crippen molar-refractivity contribution < 1.29 is 9.15 Å². The topological polar surface area (TPSA) is 74.9 Å². The molecule has 1 aliphatic carbocycles. The van der Waals surface area contributed by atoms with Gasteiger partial charge in [0.15, 0.2) is 11.4 Å². The van der Waals surface area contributed by atoms with E-state index >= 15 is 0 Å². The minimum Gasteiger partial charge on any atom is -0.349 e. The predicted octanol–water partition coefficient (Wildman–Crippen LogP) is -0.0124. The lowest BCUT2D eigenvalue weighted by Crippen LogP contribution is -2.37. The average Bonchev–Trinajstić information content (AvgIpc) is 2.76. The molecular formula is C26H50N12+2. The largest absolute Gasteiger partial charge is 0.389 e. The summed E-state index contributed by atoms with van der Waals surface area (Å²) in [5.74, 6) is 3.14. The first kappa shape index (κ1) is 32.3. The first-order valence-electron chi connectivity index (χ1n) is 12.4. The van der Waals surface area contributed by atoms with Crippen molar-refractivity contribution in [3.05, 3.63) is 23.5 Å². The van der Waals surface area contributed by atoms with Crippen molar-refractivity contribution in [2.75, 3.05) is 113 Å². The van der Waals surface area contributed by atoms with Gasteiger partial charge in [0.25, 0.3) is 0 Å². The van der Waals surface area contributed by atoms with Crippen LogP contribution in [0.4, 0.5) is 0 Å². The van der Waals surface area contributed by atoms with E-state index in [1.165, 1.54) is 0 Å². The molecule has 0 aliphatic heterocycles. The number of allylic oxidation sites excluding steroid dienone is 2. The van der Waals surface area contributed by atoms with Crippen LogP contribution in [-0.4, -0.2) is 187 Å². The quantitative estimate of drug-likeness (QED) is 0.216. The van der Waals surface area contributed by atoms with Gasteiger partial charge >= 0.3 is 11.9 Å². The normalized spacial score (nSPS) is 14.7. The van der Waals surface area contributed by atoms with Gasteiger partial charge in [0.1, 0.15) is 11.4 Å². The van der Waals surface area contributed by atoms with E-state index in [2.05, 4.69) is 0 Å². The van der Waals surface area contributed by atoms with Crippen LogP contribution >= 0.6 is 0 Å². The number of guanidine groups is 4. The Balaban J connectivity index is 4.24. The van der Waals surface area contributed by atoms with Crippen molar-refractivity contribution in [3.8, 4) is 0 Å². The molecule has 0 amide bonds. The lowest BCUT2D eigenvalue weighted by Gasteiger charge is -2.24. The molecule has 0 aromatic rings. The number of hydrogen-bond acceptors (Lipinski definition) is 2. The zero-order valence-corrected chi connectivity index (χ0v) is 26.5. The fraction of sp³-hybridized carbons (Fsp3) is 0.615. The van der Waals surface area contributed by atoms with E-state index in [0.717, 1.165) is 23.8 Å². The Kier molecular flexibility index (Phi) is 11.7. The maximum absolute atomic E-state index is 5.04. The molecule has 0 saturated heterocycles. The van der Waals surface area contributed by atoms with Crippen LogP contribution in [0, 0.1) is 0 Å². The Morgan fingerprint density at radius 1 is 0.474 bits per heavy atom. The molecule has 0 radical (unpaired) electrons. The van der Waals surface area contributed by atoms with Crippen molar-refractivity contribution in [1.29, 1.82) is 0 Å². The summed E-state index contributed by atoms with van der Waals surface area (Å²) >= 11 is 0. The molecule has 1 rings (SSSR count). The van der Waals surface area contributed by atoms with Crippen molar-refractivity contribution in [2.24, 2.45) is 20.0 Å². The summed E-state index contributed by atoms with van der Waals surface area (Å²) in [5, 5.41) is 0. The molecule has 12 nitrogen and oxygen atoms in total. The number of rotatable bonds is 2. The Morgan fingerprint density at radius 3 is 0.921 bits per heavy atom. The van der Waals surface area contributed by atoms with Gasteiger partial charge in [-0.1, -0.05) is 9.98 Å². The lowest BCUT2D eigenvalue weighted by atomic mass is 10.1. The molecule has 0 aromatic heterocycles. The van der Waals surface area contributed by atoms with Gasteiger partial charge in [-0.3, -0.25) is 19.0 Å². The zero-order chi connectivity index (χ0) is 29.5. The molecule has 0 fully saturated rings. The summed E-state index contributed by atoms with van der Waals surface area (Å²) in [5.41, 5.74) is 2.76. The van der Waals surface area contributed by atoms with Crippen LogP contribution in [0.3, 0.4) is 0 Å². The maximum atomic E-state index is 5.04. The molecule has 0 unspecified atom stereocenters. The minimum atomic E-state index is 0.689. The van der Waals surface area contributed by atoms with Gasteiger partial charge in [-0.25, -0.2) is 9.98 Å². The van der Waals surface area contributed by atoms with Crippen molar-refractivity contribution >= 4 is 35.3 Å². The fourth-order valence-electron chi connectivity index (χ4n) is 3.74. The lowest BCUT2D eigenvalue weighted by molar-refractivity contribution is -0.470. The molecule has 0 atom stereocenters. The number of aliphatic imine (C=N–C) groups is 4. The van der Waals surface area contributed by atoms with Crippen LogP contribution in [0.1, 0.15) is 0 Å². The van der Waals surface area contributed by atoms with Crippen LogP contribution in [0.5, 0.6) is 0 Å². The Labute approximate surface area is 230 Å². The molecule has 0 saturated carbocycles. The molecule has 0 N–H and O–H groups in total. The highest BCUT2D eigenvalue weighted by atomic mass is 15.3. The summed E-state index contributed by atoms with van der Waals surface area (Å²) in [4.78, 5) is 32.0. The van der Waals surface area contributed by atoms with Gasteiger partial charge in [0, 0.05) is 68.5 Å². The van der Waals surface area contributed by atoms with Crippen LogP contribution in [0.2, 0.25) is 0 Å². The standard InChI is InChI=1S/C26H50N12/c1-31(2)23(32(3)4)27-19-17-21(29-25(35(9)10)36(11)12)22(30-26(37(13)14)38(15)16)18-20(19)28-24(33(5)6)34(7)8/h17-18H,1-16H3/q+2. The molecule has 0 bridgehead atoms. The van der Waals surface area contributed by atoms with Crippen LogP contribution in [-0.2, 0) is 0 Å². The second kappa shape index (κ2) is 13.7. The van der Waals surface area contributed by atoms with Crippen molar-refractivity contribution in [1.82, 2.24) is 29.4 Å². The number of nitrogens with zero attached hydrogens (tertiary/aromatic N) is 12. The van der Waals surface area contributed by atoms with Gasteiger partial charge in [0.05, 0.1) is 56.4 Å². The van der Waals surface area contributed by atoms with Gasteiger partial charge in [0.2, 0.25) is 11.9 Å². The zero-order valence-electron chi connectivity index (χ0n) is 26.5. The van der Waals surface area contributed by atoms with Gasteiger partial charge in [-0.15, -0.1) is 0 Å². The first-order chi connectivity index (χ1) is 17.5. The van der Waals surface area contributed by atoms with Gasteiger partial charge < -0.3 is 19.6 Å². The van der Waals surface area contributed by atoms with Crippen molar-refractivity contribution in [3.63, 3.8) is 0 Å². The first-order valence-corrected chi connectivity index (χ1v) is 12.4. The molecule has 0 aromatic carbocycles. The Morgan fingerprint density at radius 2 is 0.737 bits per heavy atom. The minimum absolute atomic E-state index is 0.689. The fourth-order valence-corrected chi connectivity index (χ4v) is 3.74. The average molecular weight is 531 g/mol. The number of hydrogen-bond donors (Lipinski definition) is 0. The molecule has 0 spiro atoms. The smallest absolute Gasteiger partial charge is 0.349 e. The second-order valence-electron chi connectivity index (χ2n) is 10.6. The highest BCUT2D eigenvalue weighted by Gasteiger charge is 2.28. The van der Waals surface area contributed by atoms with E-state index in [1.54, 1.807) is 0 Å². The summed E-state index contributed by atoms with van der Waals surface area (Å²) in [7, 11) is 31.6. The maximum Gasteiger partial charge on any atom is 0.389 e. The SMILES string of the molecule is CN(C)C(=NC1=CC(=N\C(N(C)C)=[N+](C)C)/C(N=C(N(C)C)N(C)C)=CC/1=N\C(N(C)C)=[N+](C)C)N(C)C. The second-order valence-corrected chi connectivity index (χ2v) is 10.6. The molecule has 38 heavy (non-hydrogen) atoms. The van der Waals surface area contributed by atoms with Gasteiger partial charge in [-0.05, 0) is 0 Å². The van der Waals surface area contributed by atoms with E-state index < -0.39 is 0 Å². The molecule has 1 aliphatic rings. The third kappa shape index (κ3) is 8.70. The molecule has 212 valence electrons. The van der Waals surface area contributed by atoms with Crippen LogP contribution in [0.25, 0.3) is 0 Å². The van der Waals surface area contributed by atoms with E-state index in [-0.39, 0.29) is 0 Å². The highest BCUT2D eigenvalue weighted by Crippen LogP contribution is 2.19. The summed E-state index contributed by atoms with van der Waals surface area (Å²) in [6.45, 7) is 0. The van der Waals surface area contributed by atoms with Crippen LogP contribution in [0.15, 0.2) is 43.5 Å². The summed E-state index contributed by atoms with van der Waals surface area (Å²) in [6.07, 6.45) is 3.92. The molecule has 12 heteroatoms. The van der Waals surface area contributed by atoms with E-state index in [1.807, 2.05) is 163 Å². The van der Waals surface area contributed by atoms with Crippen molar-refractivity contribution in [2.45, 2.75) is 0 Å². The Bertz CT molecular complexity index is 991. The van der Waals surface area contributed by atoms with E-state index in [0.29, 0.717) is 22.8 Å². The van der Waals surface area contributed by atoms with Crippen LogP contribution < -0.4 is 0 Å². The molecule has 0 heterocycles. The summed E-state index contributed by atoms with van der Waals surface area (Å²) in [6, 6.07) is 0. The summed E-state index contributed by atoms with van der Waals surface area (Å²) < 4.78 is 3.95. The Hall–Kier alpha value is -3.70. The van der Waals surface area contributed by atoms with E-state index in [4.69, 9.17) is 20.0 Å². The predicted molar refractivity (Wildman–Crippen MR) is 162 cm³/mol. The van der Waals surface area contributed by atoms with E-state index in [9.17, 15) is 0 Å². The highest BCUT2D eigenvalue weighted by molar-refractivity contribution is 6.27. The third-order valence-electron chi connectivity index (χ3n) is 5.15.